The molecule has 0 aliphatic heterocycles. The molecule has 13 heavy (non-hydrogen) atoms. The van der Waals surface area contributed by atoms with Crippen LogP contribution in [0, 0.1) is 5.41 Å². The summed E-state index contributed by atoms with van der Waals surface area (Å²) in [4.78, 5) is 0. The highest BCUT2D eigenvalue weighted by Gasteiger charge is 2.33. The Bertz CT molecular complexity index is 187. The average molecular weight is 223 g/mol. The first kappa shape index (κ1) is 13.1. The summed E-state index contributed by atoms with van der Waals surface area (Å²) in [6.45, 7) is 5.83. The number of hydrogen-bond acceptors (Lipinski definition) is 4. The van der Waals surface area contributed by atoms with Gasteiger partial charge in [0.25, 0.3) is 0 Å². The predicted molar refractivity (Wildman–Crippen MR) is 60.0 cm³/mol. The van der Waals surface area contributed by atoms with Crippen molar-refractivity contribution in [3.05, 3.63) is 0 Å². The Morgan fingerprint density at radius 3 is 2.08 bits per heavy atom. The van der Waals surface area contributed by atoms with Crippen LogP contribution >= 0.6 is 11.8 Å². The molecular weight excluding hydrogens is 206 g/mol. The zero-order chi connectivity index (χ0) is 10.6. The molecule has 0 saturated carbocycles. The fourth-order valence-corrected chi connectivity index (χ4v) is 3.38. The first-order chi connectivity index (χ1) is 5.84. The van der Waals surface area contributed by atoms with E-state index in [2.05, 4.69) is 5.16 Å². The van der Waals surface area contributed by atoms with Crippen molar-refractivity contribution < 1.29 is 9.76 Å². The topological polar surface area (TPSA) is 55.7 Å². The van der Waals surface area contributed by atoms with Gasteiger partial charge in [-0.05, 0) is 17.4 Å². The minimum Gasteiger partial charge on any atom is -0.615 e. The maximum atomic E-state index is 11.3. The molecule has 5 heteroatoms. The third-order valence-corrected chi connectivity index (χ3v) is 4.48. The molecule has 0 aliphatic carbocycles. The molecule has 2 atom stereocenters. The normalized spacial score (nSPS) is 18.5. The van der Waals surface area contributed by atoms with Crippen molar-refractivity contribution in [1.82, 2.24) is 0 Å². The molecule has 0 fully saturated rings. The lowest BCUT2D eigenvalue weighted by atomic mass is 9.91. The highest BCUT2D eigenvalue weighted by molar-refractivity contribution is 8.13. The molecule has 0 aliphatic rings. The summed E-state index contributed by atoms with van der Waals surface area (Å²) in [6, 6.07) is 0. The second-order valence-corrected chi connectivity index (χ2v) is 6.51. The number of oxime groups is 1. The molecule has 0 rings (SSSR count). The SMILES string of the molecule is CSC(C(=NO)C(C)(C)C)[S+](C)[O-]. The molecule has 78 valence electrons. The maximum Gasteiger partial charge on any atom is 0.202 e. The third kappa shape index (κ3) is 3.79. The van der Waals surface area contributed by atoms with E-state index in [1.165, 1.54) is 11.8 Å². The van der Waals surface area contributed by atoms with Gasteiger partial charge in [-0.3, -0.25) is 0 Å². The lowest BCUT2D eigenvalue weighted by Crippen LogP contribution is -2.35. The molecule has 0 spiro atoms. The standard InChI is InChI=1S/C8H17NO2S2/c1-8(2,3)6(9-10)7(12-4)13(5)11/h7,10H,1-5H3. The number of nitrogens with zero attached hydrogens (tertiary/aromatic N) is 1. The zero-order valence-electron chi connectivity index (χ0n) is 8.70. The first-order valence-electron chi connectivity index (χ1n) is 3.92. The van der Waals surface area contributed by atoms with Gasteiger partial charge in [0.2, 0.25) is 4.58 Å². The Labute approximate surface area is 87.2 Å². The predicted octanol–water partition coefficient (Wildman–Crippen LogP) is 1.93. The van der Waals surface area contributed by atoms with E-state index in [1.807, 2.05) is 27.0 Å². The van der Waals surface area contributed by atoms with Crippen LogP contribution in [0.2, 0.25) is 0 Å². The summed E-state index contributed by atoms with van der Waals surface area (Å²) in [6.07, 6.45) is 3.49. The Kier molecular flexibility index (Phi) is 5.17. The molecule has 0 aromatic rings. The lowest BCUT2D eigenvalue weighted by molar-refractivity contribution is 0.310. The Morgan fingerprint density at radius 2 is 2.00 bits per heavy atom. The van der Waals surface area contributed by atoms with Gasteiger partial charge in [-0.15, -0.1) is 11.8 Å². The van der Waals surface area contributed by atoms with Crippen molar-refractivity contribution in [2.24, 2.45) is 10.6 Å². The number of rotatable bonds is 3. The van der Waals surface area contributed by atoms with E-state index < -0.39 is 11.2 Å². The Morgan fingerprint density at radius 1 is 1.54 bits per heavy atom. The highest BCUT2D eigenvalue weighted by Crippen LogP contribution is 2.27. The van der Waals surface area contributed by atoms with Crippen molar-refractivity contribution in [3.8, 4) is 0 Å². The van der Waals surface area contributed by atoms with Crippen molar-refractivity contribution in [2.45, 2.75) is 25.4 Å². The van der Waals surface area contributed by atoms with Crippen LogP contribution in [0.15, 0.2) is 5.16 Å². The van der Waals surface area contributed by atoms with E-state index in [4.69, 9.17) is 5.21 Å². The van der Waals surface area contributed by atoms with Gasteiger partial charge in [-0.25, -0.2) is 0 Å². The van der Waals surface area contributed by atoms with Crippen LogP contribution in [0.25, 0.3) is 0 Å². The van der Waals surface area contributed by atoms with Gasteiger partial charge in [0, 0.05) is 5.41 Å². The van der Waals surface area contributed by atoms with Crippen molar-refractivity contribution >= 4 is 28.6 Å². The molecule has 0 radical (unpaired) electrons. The summed E-state index contributed by atoms with van der Waals surface area (Å²) in [5, 5.41) is 12.1. The minimum absolute atomic E-state index is 0.218. The second-order valence-electron chi connectivity index (χ2n) is 3.80. The lowest BCUT2D eigenvalue weighted by Gasteiger charge is -2.26. The fraction of sp³-hybridized carbons (Fsp3) is 0.875. The van der Waals surface area contributed by atoms with Crippen LogP contribution in [0.4, 0.5) is 0 Å². The van der Waals surface area contributed by atoms with Gasteiger partial charge < -0.3 is 9.76 Å². The van der Waals surface area contributed by atoms with E-state index >= 15 is 0 Å². The highest BCUT2D eigenvalue weighted by atomic mass is 32.3. The molecule has 0 heterocycles. The molecule has 0 bridgehead atoms. The molecule has 0 aromatic heterocycles. The third-order valence-electron chi connectivity index (χ3n) is 1.61. The van der Waals surface area contributed by atoms with Crippen molar-refractivity contribution in [3.63, 3.8) is 0 Å². The second kappa shape index (κ2) is 5.12. The molecule has 0 aromatic carbocycles. The van der Waals surface area contributed by atoms with E-state index in [9.17, 15) is 4.55 Å². The molecule has 0 amide bonds. The van der Waals surface area contributed by atoms with Gasteiger partial charge in [0.1, 0.15) is 5.71 Å². The molecule has 3 nitrogen and oxygen atoms in total. The zero-order valence-corrected chi connectivity index (χ0v) is 10.3. The number of hydrogen-bond donors (Lipinski definition) is 1. The quantitative estimate of drug-likeness (QED) is 0.344. The monoisotopic (exact) mass is 223 g/mol. The van der Waals surface area contributed by atoms with Gasteiger partial charge >= 0.3 is 0 Å². The van der Waals surface area contributed by atoms with Crippen LogP contribution in [-0.4, -0.2) is 32.6 Å². The van der Waals surface area contributed by atoms with E-state index in [0.717, 1.165) is 0 Å². The van der Waals surface area contributed by atoms with Gasteiger partial charge in [-0.2, -0.15) is 0 Å². The summed E-state index contributed by atoms with van der Waals surface area (Å²) >= 11 is 0.439. The van der Waals surface area contributed by atoms with E-state index in [-0.39, 0.29) is 10.00 Å². The maximum absolute atomic E-state index is 11.3. The van der Waals surface area contributed by atoms with Gasteiger partial charge in [-0.1, -0.05) is 25.9 Å². The van der Waals surface area contributed by atoms with Crippen LogP contribution in [0.3, 0.4) is 0 Å². The molecule has 0 saturated heterocycles. The molecule has 2 unspecified atom stereocenters. The Balaban J connectivity index is 4.77. The summed E-state index contributed by atoms with van der Waals surface area (Å²) in [7, 11) is 0. The van der Waals surface area contributed by atoms with Gasteiger partial charge in [0.05, 0.1) is 6.26 Å². The van der Waals surface area contributed by atoms with E-state index in [1.54, 1.807) is 6.26 Å². The number of thioether (sulfide) groups is 1. The van der Waals surface area contributed by atoms with Crippen LogP contribution in [0.5, 0.6) is 0 Å². The van der Waals surface area contributed by atoms with Crippen LogP contribution in [0.1, 0.15) is 20.8 Å². The first-order valence-corrected chi connectivity index (χ1v) is 6.83. The van der Waals surface area contributed by atoms with Crippen LogP contribution in [-0.2, 0) is 11.2 Å². The smallest absolute Gasteiger partial charge is 0.202 e. The van der Waals surface area contributed by atoms with Crippen molar-refractivity contribution in [2.75, 3.05) is 12.5 Å². The Hall–Kier alpha value is 0.130. The van der Waals surface area contributed by atoms with Crippen molar-refractivity contribution in [1.29, 1.82) is 0 Å². The van der Waals surface area contributed by atoms with Crippen LogP contribution < -0.4 is 0 Å². The molecule has 1 N–H and O–H groups in total. The minimum atomic E-state index is -1.01. The van der Waals surface area contributed by atoms with E-state index in [0.29, 0.717) is 5.71 Å². The largest absolute Gasteiger partial charge is 0.615 e. The average Bonchev–Trinajstić information content (AvgIpc) is 1.96. The summed E-state index contributed by atoms with van der Waals surface area (Å²) in [5.74, 6) is 0. The summed E-state index contributed by atoms with van der Waals surface area (Å²) in [5.41, 5.74) is 0.342. The molecular formula is C8H17NO2S2. The summed E-state index contributed by atoms with van der Waals surface area (Å²) < 4.78 is 11.1. The fourth-order valence-electron chi connectivity index (χ4n) is 0.955. The van der Waals surface area contributed by atoms with Gasteiger partial charge in [0.15, 0.2) is 0 Å².